The quantitative estimate of drug-likeness (QED) is 0.362. The van der Waals surface area contributed by atoms with E-state index in [1.807, 2.05) is 74.5 Å². The van der Waals surface area contributed by atoms with Gasteiger partial charge < -0.3 is 14.1 Å². The molecule has 1 unspecified atom stereocenters. The van der Waals surface area contributed by atoms with Crippen molar-refractivity contribution in [1.29, 1.82) is 0 Å². The highest BCUT2D eigenvalue weighted by Gasteiger charge is 2.42. The van der Waals surface area contributed by atoms with Gasteiger partial charge in [0.05, 0.1) is 23.6 Å². The van der Waals surface area contributed by atoms with Gasteiger partial charge in [0.25, 0.3) is 5.91 Å². The van der Waals surface area contributed by atoms with E-state index in [1.165, 1.54) is 0 Å². The lowest BCUT2D eigenvalue weighted by molar-refractivity contribution is 0.0714. The summed E-state index contributed by atoms with van der Waals surface area (Å²) < 4.78 is 11.9. The number of nitrogens with zero attached hydrogens (tertiary/aromatic N) is 1. The van der Waals surface area contributed by atoms with Gasteiger partial charge in [-0.2, -0.15) is 0 Å². The molecule has 1 atom stereocenters. The maximum absolute atomic E-state index is 13.7. The number of aryl methyl sites for hydroxylation is 2. The van der Waals surface area contributed by atoms with Gasteiger partial charge >= 0.3 is 0 Å². The molecular formula is C29H27NO4. The fourth-order valence-corrected chi connectivity index (χ4v) is 4.53. The van der Waals surface area contributed by atoms with E-state index >= 15 is 0 Å². The molecule has 1 amide bonds. The average Bonchev–Trinajstić information content (AvgIpc) is 3.11. The molecule has 0 saturated heterocycles. The molecule has 2 heterocycles. The van der Waals surface area contributed by atoms with Crippen molar-refractivity contribution in [3.05, 3.63) is 111 Å². The zero-order valence-corrected chi connectivity index (χ0v) is 19.6. The van der Waals surface area contributed by atoms with Crippen LogP contribution in [0.15, 0.2) is 75.9 Å². The van der Waals surface area contributed by atoms with Gasteiger partial charge in [0, 0.05) is 6.54 Å². The number of hydrogen-bond acceptors (Lipinski definition) is 4. The first-order valence-corrected chi connectivity index (χ1v) is 11.6. The molecule has 5 nitrogen and oxygen atoms in total. The van der Waals surface area contributed by atoms with Crippen molar-refractivity contribution in [2.75, 3.05) is 6.61 Å². The molecule has 4 aromatic rings. The second kappa shape index (κ2) is 8.82. The van der Waals surface area contributed by atoms with Crippen molar-refractivity contribution in [1.82, 2.24) is 4.90 Å². The molecular weight excluding hydrogens is 426 g/mol. The predicted octanol–water partition coefficient (Wildman–Crippen LogP) is 5.94. The van der Waals surface area contributed by atoms with Crippen LogP contribution in [-0.2, 0) is 6.54 Å². The second-order valence-electron chi connectivity index (χ2n) is 8.92. The lowest BCUT2D eigenvalue weighted by Gasteiger charge is -2.25. The van der Waals surface area contributed by atoms with Gasteiger partial charge in [-0.3, -0.25) is 9.59 Å². The van der Waals surface area contributed by atoms with Crippen LogP contribution in [0.5, 0.6) is 5.75 Å². The zero-order chi connectivity index (χ0) is 23.8. The molecule has 3 aromatic carbocycles. The molecule has 172 valence electrons. The van der Waals surface area contributed by atoms with Crippen LogP contribution in [0.4, 0.5) is 0 Å². The number of carbonyl (C=O) groups is 1. The maximum Gasteiger partial charge on any atom is 0.291 e. The van der Waals surface area contributed by atoms with Crippen LogP contribution < -0.4 is 10.2 Å². The summed E-state index contributed by atoms with van der Waals surface area (Å²) in [5, 5.41) is 0.493. The molecule has 1 aliphatic heterocycles. The molecule has 0 spiro atoms. The van der Waals surface area contributed by atoms with Crippen molar-refractivity contribution >= 4 is 16.9 Å². The lowest BCUT2D eigenvalue weighted by Crippen LogP contribution is -2.29. The van der Waals surface area contributed by atoms with Crippen LogP contribution in [0.1, 0.15) is 57.8 Å². The number of carbonyl (C=O) groups excluding carboxylic acids is 1. The van der Waals surface area contributed by atoms with Gasteiger partial charge in [0.2, 0.25) is 5.76 Å². The molecule has 0 radical (unpaired) electrons. The minimum atomic E-state index is -0.560. The Kier molecular flexibility index (Phi) is 5.70. The Morgan fingerprint density at radius 3 is 2.47 bits per heavy atom. The SMILES string of the molecule is CCCOc1cccc(C2c3c(oc4ccc(C)cc4c3=O)C(=O)N2Cc2ccc(C)cc2)c1. The van der Waals surface area contributed by atoms with Crippen molar-refractivity contribution in [2.45, 2.75) is 39.8 Å². The highest BCUT2D eigenvalue weighted by molar-refractivity contribution is 5.99. The van der Waals surface area contributed by atoms with E-state index in [4.69, 9.17) is 9.15 Å². The number of fused-ring (bicyclic) bond motifs is 2. The van der Waals surface area contributed by atoms with Gasteiger partial charge in [-0.25, -0.2) is 0 Å². The highest BCUT2D eigenvalue weighted by Crippen LogP contribution is 2.40. The minimum absolute atomic E-state index is 0.123. The first-order valence-electron chi connectivity index (χ1n) is 11.6. The first kappa shape index (κ1) is 22.0. The Morgan fingerprint density at radius 1 is 0.941 bits per heavy atom. The van der Waals surface area contributed by atoms with Gasteiger partial charge in [0.15, 0.2) is 5.43 Å². The van der Waals surface area contributed by atoms with E-state index in [0.29, 0.717) is 29.7 Å². The van der Waals surface area contributed by atoms with Gasteiger partial charge in [-0.05, 0) is 55.7 Å². The summed E-state index contributed by atoms with van der Waals surface area (Å²) in [6.45, 7) is 6.98. The lowest BCUT2D eigenvalue weighted by atomic mass is 9.97. The van der Waals surface area contributed by atoms with Crippen molar-refractivity contribution in [3.8, 4) is 5.75 Å². The number of amides is 1. The molecule has 5 heteroatoms. The second-order valence-corrected chi connectivity index (χ2v) is 8.92. The molecule has 0 saturated carbocycles. The molecule has 1 aromatic heterocycles. The molecule has 0 aliphatic carbocycles. The smallest absolute Gasteiger partial charge is 0.291 e. The Hall–Kier alpha value is -3.86. The normalized spacial score (nSPS) is 15.1. The van der Waals surface area contributed by atoms with Crippen LogP contribution >= 0.6 is 0 Å². The fraction of sp³-hybridized carbons (Fsp3) is 0.241. The van der Waals surface area contributed by atoms with E-state index in [9.17, 15) is 9.59 Å². The topological polar surface area (TPSA) is 59.8 Å². The van der Waals surface area contributed by atoms with Crippen LogP contribution in [0.2, 0.25) is 0 Å². The summed E-state index contributed by atoms with van der Waals surface area (Å²) in [4.78, 5) is 29.1. The Balaban J connectivity index is 1.68. The van der Waals surface area contributed by atoms with E-state index in [0.717, 1.165) is 34.4 Å². The van der Waals surface area contributed by atoms with Crippen LogP contribution in [0, 0.1) is 13.8 Å². The summed E-state index contributed by atoms with van der Waals surface area (Å²) >= 11 is 0. The standard InChI is InChI=1S/C29H27NO4/c1-4-14-33-22-7-5-6-21(16-22)26-25-27(31)23-15-19(3)10-13-24(23)34-28(25)29(32)30(26)17-20-11-8-18(2)9-12-20/h5-13,15-16,26H,4,14,17H2,1-3H3. The molecule has 1 aliphatic rings. The fourth-order valence-electron chi connectivity index (χ4n) is 4.53. The third-order valence-electron chi connectivity index (χ3n) is 6.24. The molecule has 0 N–H and O–H groups in total. The third-order valence-corrected chi connectivity index (χ3v) is 6.24. The Morgan fingerprint density at radius 2 is 1.71 bits per heavy atom. The summed E-state index contributed by atoms with van der Waals surface area (Å²) in [5.41, 5.74) is 4.59. The van der Waals surface area contributed by atoms with Gasteiger partial charge in [0.1, 0.15) is 11.3 Å². The van der Waals surface area contributed by atoms with E-state index in [2.05, 4.69) is 6.92 Å². The van der Waals surface area contributed by atoms with Gasteiger partial charge in [-0.1, -0.05) is 60.5 Å². The van der Waals surface area contributed by atoms with Crippen molar-refractivity contribution in [2.24, 2.45) is 0 Å². The molecule has 0 bridgehead atoms. The summed E-state index contributed by atoms with van der Waals surface area (Å²) in [7, 11) is 0. The molecule has 34 heavy (non-hydrogen) atoms. The number of ether oxygens (including phenoxy) is 1. The largest absolute Gasteiger partial charge is 0.494 e. The number of rotatable bonds is 6. The van der Waals surface area contributed by atoms with Crippen LogP contribution in [0.3, 0.4) is 0 Å². The third kappa shape index (κ3) is 3.87. The van der Waals surface area contributed by atoms with E-state index in [1.54, 1.807) is 11.0 Å². The Labute approximate surface area is 198 Å². The first-order chi connectivity index (χ1) is 16.5. The summed E-state index contributed by atoms with van der Waals surface area (Å²) in [6.07, 6.45) is 0.892. The maximum atomic E-state index is 13.7. The summed E-state index contributed by atoms with van der Waals surface area (Å²) in [6, 6.07) is 20.6. The van der Waals surface area contributed by atoms with E-state index in [-0.39, 0.29) is 17.1 Å². The van der Waals surface area contributed by atoms with Crippen LogP contribution in [-0.4, -0.2) is 17.4 Å². The van der Waals surface area contributed by atoms with Crippen molar-refractivity contribution in [3.63, 3.8) is 0 Å². The average molecular weight is 454 g/mol. The summed E-state index contributed by atoms with van der Waals surface area (Å²) in [5.74, 6) is 0.565. The monoisotopic (exact) mass is 453 g/mol. The molecule has 0 fully saturated rings. The number of hydrogen-bond donors (Lipinski definition) is 0. The Bertz CT molecular complexity index is 1440. The van der Waals surface area contributed by atoms with E-state index < -0.39 is 6.04 Å². The van der Waals surface area contributed by atoms with Gasteiger partial charge in [-0.15, -0.1) is 0 Å². The highest BCUT2D eigenvalue weighted by atomic mass is 16.5. The van der Waals surface area contributed by atoms with Crippen LogP contribution in [0.25, 0.3) is 11.0 Å². The number of benzene rings is 3. The van der Waals surface area contributed by atoms with Crippen molar-refractivity contribution < 1.29 is 13.9 Å². The molecule has 5 rings (SSSR count). The predicted molar refractivity (Wildman–Crippen MR) is 132 cm³/mol. The minimum Gasteiger partial charge on any atom is -0.494 e. The zero-order valence-electron chi connectivity index (χ0n) is 19.6.